The molecule has 0 spiro atoms. The van der Waals surface area contributed by atoms with Crippen LogP contribution in [0.15, 0.2) is 6.20 Å². The van der Waals surface area contributed by atoms with E-state index in [0.29, 0.717) is 38.8 Å². The molecule has 3 rings (SSSR count). The van der Waals surface area contributed by atoms with Gasteiger partial charge in [-0.2, -0.15) is 18.2 Å². The highest BCUT2D eigenvalue weighted by molar-refractivity contribution is 7.88. The third-order valence-electron chi connectivity index (χ3n) is 4.65. The lowest BCUT2D eigenvalue weighted by Gasteiger charge is -2.31. The van der Waals surface area contributed by atoms with Crippen molar-refractivity contribution in [2.75, 3.05) is 24.7 Å². The number of sulfonamides is 1. The Balaban J connectivity index is 1.69. The fraction of sp³-hybridized carbons (Fsp3) is 0.733. The van der Waals surface area contributed by atoms with Gasteiger partial charge in [-0.25, -0.2) is 17.7 Å². The number of alkyl halides is 3. The summed E-state index contributed by atoms with van der Waals surface area (Å²) in [4.78, 5) is 7.69. The Labute approximate surface area is 150 Å². The van der Waals surface area contributed by atoms with Crippen molar-refractivity contribution >= 4 is 16.0 Å². The highest BCUT2D eigenvalue weighted by atomic mass is 32.2. The molecule has 2 aliphatic rings. The smallest absolute Gasteiger partial charge is 0.423 e. The Hall–Kier alpha value is -1.62. The van der Waals surface area contributed by atoms with E-state index >= 15 is 0 Å². The summed E-state index contributed by atoms with van der Waals surface area (Å²) < 4.78 is 69.2. The number of hydrogen-bond acceptors (Lipinski definition) is 6. The average molecular weight is 394 g/mol. The predicted molar refractivity (Wildman–Crippen MR) is 88.4 cm³/mol. The van der Waals surface area contributed by atoms with Gasteiger partial charge in [0.1, 0.15) is 11.7 Å². The zero-order chi connectivity index (χ0) is 18.9. The molecular formula is C15H21F3N4O3S. The molecule has 0 amide bonds. The molecule has 146 valence electrons. The van der Waals surface area contributed by atoms with Gasteiger partial charge in [-0.3, -0.25) is 0 Å². The van der Waals surface area contributed by atoms with Gasteiger partial charge in [0, 0.05) is 25.3 Å². The molecule has 0 aromatic carbocycles. The Morgan fingerprint density at radius 3 is 2.38 bits per heavy atom. The maximum Gasteiger partial charge on any atom is 0.423 e. The molecule has 1 aliphatic carbocycles. The first-order valence-corrected chi connectivity index (χ1v) is 10.3. The van der Waals surface area contributed by atoms with Gasteiger partial charge in [-0.1, -0.05) is 0 Å². The minimum Gasteiger partial charge on any atom is -0.474 e. The zero-order valence-electron chi connectivity index (χ0n) is 14.3. The summed E-state index contributed by atoms with van der Waals surface area (Å²) in [6, 6.07) is -0.110. The van der Waals surface area contributed by atoms with E-state index in [9.17, 15) is 21.6 Å². The van der Waals surface area contributed by atoms with Gasteiger partial charge in [0.2, 0.25) is 21.9 Å². The first kappa shape index (κ1) is 19.2. The van der Waals surface area contributed by atoms with Gasteiger partial charge in [0.15, 0.2) is 0 Å². The van der Waals surface area contributed by atoms with Crippen molar-refractivity contribution in [2.24, 2.45) is 0 Å². The predicted octanol–water partition coefficient (Wildman–Crippen LogP) is 2.26. The summed E-state index contributed by atoms with van der Waals surface area (Å²) in [5, 5.41) is 2.99. The standard InChI is InChI=1S/C15H21F3N4O3S/c1-26(23,24)22-7-5-10(6-8-22)20-14-19-9-12(15(16,17)18)13(21-14)25-11-3-2-4-11/h9-11H,2-8H2,1H3,(H,19,20,21). The van der Waals surface area contributed by atoms with Crippen LogP contribution >= 0.6 is 0 Å². The van der Waals surface area contributed by atoms with Crippen LogP contribution in [0, 0.1) is 0 Å². The van der Waals surface area contributed by atoms with E-state index < -0.39 is 27.6 Å². The molecule has 11 heteroatoms. The fourth-order valence-corrected chi connectivity index (χ4v) is 3.75. The summed E-state index contributed by atoms with van der Waals surface area (Å²) in [6.45, 7) is 0.700. The van der Waals surface area contributed by atoms with Crippen molar-refractivity contribution in [3.05, 3.63) is 11.8 Å². The maximum atomic E-state index is 13.1. The van der Waals surface area contributed by atoms with E-state index in [1.807, 2.05) is 0 Å². The van der Waals surface area contributed by atoms with Crippen LogP contribution in [0.5, 0.6) is 5.88 Å². The van der Waals surface area contributed by atoms with E-state index in [1.54, 1.807) is 0 Å². The molecule has 2 heterocycles. The Morgan fingerprint density at radius 1 is 1.23 bits per heavy atom. The summed E-state index contributed by atoms with van der Waals surface area (Å²) >= 11 is 0. The van der Waals surface area contributed by atoms with E-state index in [1.165, 1.54) is 4.31 Å². The molecule has 2 fully saturated rings. The van der Waals surface area contributed by atoms with Crippen LogP contribution in [0.25, 0.3) is 0 Å². The Morgan fingerprint density at radius 2 is 1.88 bits per heavy atom. The van der Waals surface area contributed by atoms with Crippen molar-refractivity contribution in [1.29, 1.82) is 0 Å². The minimum atomic E-state index is -4.58. The molecule has 1 aromatic rings. The van der Waals surface area contributed by atoms with Crippen molar-refractivity contribution in [2.45, 2.75) is 50.4 Å². The second kappa shape index (κ2) is 7.18. The molecule has 0 bridgehead atoms. The monoisotopic (exact) mass is 394 g/mol. The van der Waals surface area contributed by atoms with Crippen molar-refractivity contribution in [1.82, 2.24) is 14.3 Å². The second-order valence-electron chi connectivity index (χ2n) is 6.66. The van der Waals surface area contributed by atoms with E-state index in [-0.39, 0.29) is 18.1 Å². The molecule has 1 saturated carbocycles. The molecule has 0 radical (unpaired) electrons. The van der Waals surface area contributed by atoms with Crippen LogP contribution in [0.3, 0.4) is 0 Å². The Kier molecular flexibility index (Phi) is 5.29. The molecule has 1 N–H and O–H groups in total. The first-order valence-electron chi connectivity index (χ1n) is 8.45. The number of halogens is 3. The van der Waals surface area contributed by atoms with Crippen LogP contribution in [0.1, 0.15) is 37.7 Å². The normalized spacial score (nSPS) is 20.6. The summed E-state index contributed by atoms with van der Waals surface area (Å²) in [7, 11) is -3.23. The van der Waals surface area contributed by atoms with Gasteiger partial charge in [-0.05, 0) is 32.1 Å². The first-order chi connectivity index (χ1) is 12.1. The van der Waals surface area contributed by atoms with E-state index in [4.69, 9.17) is 4.74 Å². The number of nitrogens with one attached hydrogen (secondary N) is 1. The minimum absolute atomic E-state index is 0.0603. The molecule has 26 heavy (non-hydrogen) atoms. The average Bonchev–Trinajstić information content (AvgIpc) is 2.50. The number of piperidine rings is 1. The van der Waals surface area contributed by atoms with Gasteiger partial charge in [0.25, 0.3) is 0 Å². The summed E-state index contributed by atoms with van der Waals surface area (Å²) in [5.74, 6) is -0.390. The fourth-order valence-electron chi connectivity index (χ4n) is 2.88. The number of nitrogens with zero attached hydrogens (tertiary/aromatic N) is 3. The van der Waals surface area contributed by atoms with Crippen LogP contribution < -0.4 is 10.1 Å². The lowest BCUT2D eigenvalue weighted by atomic mass is 9.96. The molecular weight excluding hydrogens is 373 g/mol. The SMILES string of the molecule is CS(=O)(=O)N1CCC(Nc2ncc(C(F)(F)F)c(OC3CCC3)n2)CC1. The van der Waals surface area contributed by atoms with Crippen molar-refractivity contribution in [3.8, 4) is 5.88 Å². The number of hydrogen-bond donors (Lipinski definition) is 1. The van der Waals surface area contributed by atoms with Crippen molar-refractivity contribution < 1.29 is 26.3 Å². The van der Waals surface area contributed by atoms with Gasteiger partial charge < -0.3 is 10.1 Å². The maximum absolute atomic E-state index is 13.1. The van der Waals surface area contributed by atoms with Gasteiger partial charge in [0.05, 0.1) is 6.26 Å². The molecule has 1 aliphatic heterocycles. The van der Waals surface area contributed by atoms with E-state index in [2.05, 4.69) is 15.3 Å². The van der Waals surface area contributed by atoms with Crippen LogP contribution in [-0.4, -0.2) is 54.2 Å². The largest absolute Gasteiger partial charge is 0.474 e. The van der Waals surface area contributed by atoms with Crippen molar-refractivity contribution in [3.63, 3.8) is 0 Å². The second-order valence-corrected chi connectivity index (χ2v) is 8.64. The summed E-state index contributed by atoms with van der Waals surface area (Å²) in [6.07, 6.45) is 0.476. The zero-order valence-corrected chi connectivity index (χ0v) is 15.1. The molecule has 1 saturated heterocycles. The van der Waals surface area contributed by atoms with Crippen LogP contribution in [0.2, 0.25) is 0 Å². The number of anilines is 1. The number of rotatable bonds is 5. The van der Waals surface area contributed by atoms with Gasteiger partial charge >= 0.3 is 6.18 Å². The Bertz CT molecular complexity index is 745. The lowest BCUT2D eigenvalue weighted by Crippen LogP contribution is -2.42. The summed E-state index contributed by atoms with van der Waals surface area (Å²) in [5.41, 5.74) is -0.984. The van der Waals surface area contributed by atoms with E-state index in [0.717, 1.165) is 18.9 Å². The van der Waals surface area contributed by atoms with Crippen LogP contribution in [-0.2, 0) is 16.2 Å². The molecule has 1 aromatic heterocycles. The number of aromatic nitrogens is 2. The van der Waals surface area contributed by atoms with Crippen LogP contribution in [0.4, 0.5) is 19.1 Å². The number of ether oxygens (including phenoxy) is 1. The quantitative estimate of drug-likeness (QED) is 0.825. The third-order valence-corrected chi connectivity index (χ3v) is 5.95. The highest BCUT2D eigenvalue weighted by Gasteiger charge is 2.37. The molecule has 7 nitrogen and oxygen atoms in total. The lowest BCUT2D eigenvalue weighted by molar-refractivity contribution is -0.140. The third kappa shape index (κ3) is 4.56. The molecule has 0 atom stereocenters. The molecule has 0 unspecified atom stereocenters. The topological polar surface area (TPSA) is 84.4 Å². The van der Waals surface area contributed by atoms with Gasteiger partial charge in [-0.15, -0.1) is 0 Å². The highest BCUT2D eigenvalue weighted by Crippen LogP contribution is 2.37.